The van der Waals surface area contributed by atoms with Gasteiger partial charge in [-0.15, -0.1) is 0 Å². The number of hydrogen-bond donors (Lipinski definition) is 13. The van der Waals surface area contributed by atoms with Crippen molar-refractivity contribution in [2.24, 2.45) is 33.7 Å². The summed E-state index contributed by atoms with van der Waals surface area (Å²) >= 11 is 0. The molecule has 0 aromatic heterocycles. The summed E-state index contributed by atoms with van der Waals surface area (Å²) in [5, 5.41) is 27.5. The Hall–Kier alpha value is -9.14. The standard InChI is InChI=1S/C53H71N15O12/c1-67-41(26-31-12-6-3-7-13-31)51(79)65-38(27-43(71)60-28-39(47(75)61-29-44(67)72)66-46(74)34(54)24-32-16-18-33(69)19-17-32)52(80)68-23-9-15-40(68)50(78)63-36(20-21-42(55)70)49(77)62-35(14-8-22-59-53(57)58)48(76)64-37(45(56)73)25-30-10-4-2-5-11-30/h2-7,10-13,16-19,34-41,69H,8-9,14-15,20-29,54H2,1H3,(H2,55,70)(H2,56,73)(H,60,71)(H,61,75)(H,62,77)(H,63,78)(H,64,76)(H,65,79)(H,66,74)(H4,57,58,59)/t34-,35-,36-,37-,38-,39+,40-,41-/m0/s1. The van der Waals surface area contributed by atoms with Crippen molar-refractivity contribution in [3.05, 3.63) is 102 Å². The molecular weight excluding hydrogens is 1040 g/mol. The fourth-order valence-electron chi connectivity index (χ4n) is 8.95. The number of nitrogens with one attached hydrogen (secondary N) is 7. The number of carbonyl (C=O) groups is 11. The highest BCUT2D eigenvalue weighted by Gasteiger charge is 2.42. The predicted octanol–water partition coefficient (Wildman–Crippen LogP) is -4.57. The van der Waals surface area contributed by atoms with Crippen LogP contribution in [0.1, 0.15) is 61.6 Å². The quantitative estimate of drug-likeness (QED) is 0.0242. The molecule has 2 aliphatic heterocycles. The molecule has 0 radical (unpaired) electrons. The van der Waals surface area contributed by atoms with Gasteiger partial charge in [0, 0.05) is 45.9 Å². The first kappa shape index (κ1) is 61.7. The van der Waals surface area contributed by atoms with Crippen LogP contribution in [-0.2, 0) is 72.0 Å². The van der Waals surface area contributed by atoms with Gasteiger partial charge in [-0.3, -0.25) is 57.7 Å². The maximum Gasteiger partial charge on any atom is 0.246 e. The number of amides is 11. The largest absolute Gasteiger partial charge is 0.508 e. The van der Waals surface area contributed by atoms with Crippen LogP contribution in [0.5, 0.6) is 5.75 Å². The molecular formula is C53H71N15O12. The van der Waals surface area contributed by atoms with Crippen molar-refractivity contribution in [1.29, 1.82) is 0 Å². The highest BCUT2D eigenvalue weighted by molar-refractivity contribution is 6.00. The van der Waals surface area contributed by atoms with E-state index in [9.17, 15) is 57.8 Å². The number of phenols is 1. The van der Waals surface area contributed by atoms with E-state index in [1.165, 1.54) is 19.2 Å². The van der Waals surface area contributed by atoms with E-state index >= 15 is 0 Å². The number of hydrogen-bond acceptors (Lipinski definition) is 14. The summed E-state index contributed by atoms with van der Waals surface area (Å²) in [5.74, 6) is -9.68. The minimum absolute atomic E-state index is 0.00293. The normalized spacial score (nSPS) is 19.5. The Morgan fingerprint density at radius 3 is 1.98 bits per heavy atom. The Balaban J connectivity index is 1.39. The number of benzene rings is 3. The van der Waals surface area contributed by atoms with Crippen LogP contribution in [0, 0.1) is 0 Å². The van der Waals surface area contributed by atoms with Crippen LogP contribution in [0.25, 0.3) is 0 Å². The van der Waals surface area contributed by atoms with E-state index in [0.717, 1.165) is 9.80 Å². The van der Waals surface area contributed by atoms with Crippen molar-refractivity contribution in [2.45, 2.75) is 113 Å². The van der Waals surface area contributed by atoms with Crippen molar-refractivity contribution < 1.29 is 57.8 Å². The molecule has 0 unspecified atom stereocenters. The van der Waals surface area contributed by atoms with E-state index in [0.29, 0.717) is 16.7 Å². The molecule has 0 bridgehead atoms. The van der Waals surface area contributed by atoms with Gasteiger partial charge in [0.25, 0.3) is 0 Å². The van der Waals surface area contributed by atoms with Crippen LogP contribution in [0.4, 0.5) is 0 Å². The monoisotopic (exact) mass is 1110 g/mol. The summed E-state index contributed by atoms with van der Waals surface area (Å²) in [7, 11) is 1.31. The molecule has 3 aromatic rings. The zero-order valence-electron chi connectivity index (χ0n) is 44.3. The third-order valence-corrected chi connectivity index (χ3v) is 13.4. The Morgan fingerprint density at radius 2 is 1.35 bits per heavy atom. The number of rotatable bonds is 23. The summed E-state index contributed by atoms with van der Waals surface area (Å²) in [6.07, 6.45) is -1.31. The van der Waals surface area contributed by atoms with Crippen LogP contribution in [0.15, 0.2) is 89.9 Å². The number of nitrogens with two attached hydrogens (primary N) is 5. The number of likely N-dealkylation sites (N-methyl/N-ethyl adjacent to an activating group) is 1. The van der Waals surface area contributed by atoms with E-state index in [1.54, 1.807) is 72.8 Å². The van der Waals surface area contributed by atoms with E-state index in [-0.39, 0.29) is 76.2 Å². The van der Waals surface area contributed by atoms with Crippen LogP contribution in [0.2, 0.25) is 0 Å². The molecule has 18 N–H and O–H groups in total. The highest BCUT2D eigenvalue weighted by Crippen LogP contribution is 2.21. The van der Waals surface area contributed by atoms with E-state index in [4.69, 9.17) is 28.7 Å². The number of guanidine groups is 1. The van der Waals surface area contributed by atoms with Crippen molar-refractivity contribution >= 4 is 70.9 Å². The van der Waals surface area contributed by atoms with Gasteiger partial charge in [0.1, 0.15) is 48.0 Å². The second-order valence-electron chi connectivity index (χ2n) is 19.5. The van der Waals surface area contributed by atoms with Crippen molar-refractivity contribution in [1.82, 2.24) is 47.0 Å². The lowest BCUT2D eigenvalue weighted by Gasteiger charge is -2.33. The van der Waals surface area contributed by atoms with Gasteiger partial charge in [-0.1, -0.05) is 72.8 Å². The Morgan fingerprint density at radius 1 is 0.738 bits per heavy atom. The van der Waals surface area contributed by atoms with Gasteiger partial charge in [0.15, 0.2) is 5.96 Å². The van der Waals surface area contributed by atoms with Crippen molar-refractivity contribution in [3.8, 4) is 5.75 Å². The Bertz CT molecular complexity index is 2730. The van der Waals surface area contributed by atoms with Gasteiger partial charge in [-0.25, -0.2) is 0 Å². The first-order chi connectivity index (χ1) is 38.1. The molecule has 27 nitrogen and oxygen atoms in total. The molecule has 2 aliphatic rings. The van der Waals surface area contributed by atoms with Crippen LogP contribution < -0.4 is 65.9 Å². The third-order valence-electron chi connectivity index (χ3n) is 13.4. The number of phenolic OH excluding ortho intramolecular Hbond substituents is 1. The van der Waals surface area contributed by atoms with Gasteiger partial charge >= 0.3 is 0 Å². The molecule has 430 valence electrons. The molecule has 3 aromatic carbocycles. The first-order valence-corrected chi connectivity index (χ1v) is 26.0. The lowest BCUT2D eigenvalue weighted by atomic mass is 10.0. The minimum Gasteiger partial charge on any atom is -0.508 e. The molecule has 8 atom stereocenters. The lowest BCUT2D eigenvalue weighted by molar-refractivity contribution is -0.145. The summed E-state index contributed by atoms with van der Waals surface area (Å²) in [6, 6.07) is 12.0. The molecule has 5 rings (SSSR count). The molecule has 0 aliphatic carbocycles. The number of nitrogens with zero attached hydrogens (tertiary/aromatic N) is 3. The van der Waals surface area contributed by atoms with Crippen molar-refractivity contribution in [3.63, 3.8) is 0 Å². The van der Waals surface area contributed by atoms with E-state index in [2.05, 4.69) is 42.2 Å². The second-order valence-corrected chi connectivity index (χ2v) is 19.5. The zero-order valence-corrected chi connectivity index (χ0v) is 44.3. The van der Waals surface area contributed by atoms with E-state index < -0.39 is 139 Å². The summed E-state index contributed by atoms with van der Waals surface area (Å²) in [4.78, 5) is 157. The number of primary amides is 2. The smallest absolute Gasteiger partial charge is 0.246 e. The average Bonchev–Trinajstić information content (AvgIpc) is 3.94. The van der Waals surface area contributed by atoms with Gasteiger partial charge in [0.05, 0.1) is 19.0 Å². The van der Waals surface area contributed by atoms with Gasteiger partial charge in [-0.05, 0) is 67.3 Å². The molecule has 0 saturated carbocycles. The average molecular weight is 1110 g/mol. The van der Waals surface area contributed by atoms with Gasteiger partial charge in [-0.2, -0.15) is 0 Å². The van der Waals surface area contributed by atoms with Crippen molar-refractivity contribution in [2.75, 3.05) is 33.2 Å². The molecule has 80 heavy (non-hydrogen) atoms. The fourth-order valence-corrected chi connectivity index (χ4v) is 8.95. The number of likely N-dealkylation sites (tertiary alicyclic amines) is 1. The summed E-state index contributed by atoms with van der Waals surface area (Å²) in [6.45, 7) is -1.26. The summed E-state index contributed by atoms with van der Waals surface area (Å²) in [5.41, 5.74) is 30.2. The second kappa shape index (κ2) is 30.1. The maximum atomic E-state index is 14.8. The third kappa shape index (κ3) is 19.1. The van der Waals surface area contributed by atoms with Crippen LogP contribution >= 0.6 is 0 Å². The first-order valence-electron chi connectivity index (χ1n) is 26.0. The molecule has 27 heteroatoms. The lowest BCUT2D eigenvalue weighted by Crippen LogP contribution is -2.61. The topological polar surface area (TPSA) is 441 Å². The molecule has 2 fully saturated rings. The maximum absolute atomic E-state index is 14.8. The van der Waals surface area contributed by atoms with E-state index in [1.807, 2.05) is 0 Å². The molecule has 2 saturated heterocycles. The SMILES string of the molecule is CN1C(=O)CNC(=O)[C@H](NC(=O)[C@@H](N)Cc2ccc(O)cc2)CNC(=O)C[C@@H](C(=O)N2CCC[C@H]2C(=O)N[C@@H](CCC(N)=O)C(=O)N[C@@H](CCCN=C(N)N)C(=O)N[C@@H](Cc2ccccc2)C(N)=O)NC(=O)[C@@H]1Cc1ccccc1. The van der Waals surface area contributed by atoms with Crippen LogP contribution in [0.3, 0.4) is 0 Å². The van der Waals surface area contributed by atoms with Gasteiger partial charge in [0.2, 0.25) is 65.0 Å². The Kier molecular flexibility index (Phi) is 23.2. The van der Waals surface area contributed by atoms with Gasteiger partial charge < -0.3 is 80.8 Å². The minimum atomic E-state index is -1.71. The molecule has 0 spiro atoms. The van der Waals surface area contributed by atoms with Crippen LogP contribution in [-0.4, -0.2) is 167 Å². The number of aromatic hydroxyl groups is 1. The number of carbonyl (C=O) groups excluding carboxylic acids is 11. The molecule has 11 amide bonds. The zero-order chi connectivity index (χ0) is 58.5. The summed E-state index contributed by atoms with van der Waals surface area (Å²) < 4.78 is 0. The number of aliphatic imine (C=N–C) groups is 1. The molecule has 2 heterocycles. The predicted molar refractivity (Wildman–Crippen MR) is 289 cm³/mol. The Labute approximate surface area is 461 Å². The highest BCUT2D eigenvalue weighted by atomic mass is 16.3. The fraction of sp³-hybridized carbons (Fsp3) is 0.434.